The van der Waals surface area contributed by atoms with Gasteiger partial charge in [0.1, 0.15) is 0 Å². The molecule has 2 N–H and O–H groups in total. The summed E-state index contributed by atoms with van der Waals surface area (Å²) in [5.74, 6) is -0.347. The zero-order chi connectivity index (χ0) is 12.8. The third kappa shape index (κ3) is 4.20. The van der Waals surface area contributed by atoms with Gasteiger partial charge in [0.2, 0.25) is 5.91 Å². The zero-order valence-electron chi connectivity index (χ0n) is 9.42. The van der Waals surface area contributed by atoms with Gasteiger partial charge in [-0.3, -0.25) is 14.9 Å². The van der Waals surface area contributed by atoms with Crippen molar-refractivity contribution >= 4 is 11.6 Å². The fourth-order valence-corrected chi connectivity index (χ4v) is 1.34. The lowest BCUT2D eigenvalue weighted by molar-refractivity contribution is -0.385. The quantitative estimate of drug-likeness (QED) is 0.581. The minimum Gasteiger partial charge on any atom is -0.392 e. The Balaban J connectivity index is 2.68. The molecule has 6 nitrogen and oxygen atoms in total. The van der Waals surface area contributed by atoms with Crippen LogP contribution >= 0.6 is 0 Å². The summed E-state index contributed by atoms with van der Waals surface area (Å²) in [5.41, 5.74) is 0.292. The van der Waals surface area contributed by atoms with Crippen LogP contribution in [0.3, 0.4) is 0 Å². The van der Waals surface area contributed by atoms with Crippen molar-refractivity contribution in [2.24, 2.45) is 0 Å². The van der Waals surface area contributed by atoms with Crippen LogP contribution in [0, 0.1) is 10.1 Å². The molecule has 0 radical (unpaired) electrons. The number of carbonyl (C=O) groups excluding carboxylic acids is 1. The lowest BCUT2D eigenvalue weighted by Crippen LogP contribution is -2.31. The van der Waals surface area contributed by atoms with Gasteiger partial charge in [0.05, 0.1) is 17.4 Å². The van der Waals surface area contributed by atoms with Gasteiger partial charge in [0.15, 0.2) is 0 Å². The number of nitrogens with zero attached hydrogens (tertiary/aromatic N) is 1. The van der Waals surface area contributed by atoms with E-state index < -0.39 is 11.0 Å². The van der Waals surface area contributed by atoms with Crippen molar-refractivity contribution < 1.29 is 14.8 Å². The van der Waals surface area contributed by atoms with Crippen LogP contribution in [0.25, 0.3) is 0 Å². The molecule has 0 aromatic heterocycles. The van der Waals surface area contributed by atoms with Crippen molar-refractivity contribution in [3.8, 4) is 0 Å². The second-order valence-electron chi connectivity index (χ2n) is 3.72. The number of nitrogens with one attached hydrogen (secondary N) is 1. The van der Waals surface area contributed by atoms with Crippen molar-refractivity contribution in [3.63, 3.8) is 0 Å². The molecule has 17 heavy (non-hydrogen) atoms. The first kappa shape index (κ1) is 13.1. The summed E-state index contributed by atoms with van der Waals surface area (Å²) in [6.07, 6.45) is -0.700. The molecule has 0 heterocycles. The van der Waals surface area contributed by atoms with Gasteiger partial charge in [-0.05, 0) is 6.92 Å². The Morgan fingerprint density at radius 3 is 2.76 bits per heavy atom. The molecule has 0 spiro atoms. The topological polar surface area (TPSA) is 92.5 Å². The lowest BCUT2D eigenvalue weighted by atomic mass is 10.1. The molecule has 1 aromatic carbocycles. The first-order chi connectivity index (χ1) is 8.00. The second-order valence-corrected chi connectivity index (χ2v) is 3.72. The molecule has 0 saturated heterocycles. The molecular formula is C11H14N2O4. The molecule has 1 aromatic rings. The number of aliphatic hydroxyl groups excluding tert-OH is 1. The minimum absolute atomic E-state index is 0.0656. The normalized spacial score (nSPS) is 11.9. The Morgan fingerprint density at radius 1 is 1.53 bits per heavy atom. The number of hydrogen-bond acceptors (Lipinski definition) is 4. The highest BCUT2D eigenvalue weighted by atomic mass is 16.6. The fourth-order valence-electron chi connectivity index (χ4n) is 1.34. The van der Waals surface area contributed by atoms with Gasteiger partial charge in [0, 0.05) is 18.2 Å². The van der Waals surface area contributed by atoms with Crippen LogP contribution in [0.2, 0.25) is 0 Å². The van der Waals surface area contributed by atoms with E-state index in [0.717, 1.165) is 0 Å². The maximum absolute atomic E-state index is 11.4. The largest absolute Gasteiger partial charge is 0.392 e. The molecule has 92 valence electrons. The standard InChI is InChI=1S/C11H14N2O4/c1-8(14)7-12-11(15)6-9-4-2-3-5-10(9)13(16)17/h2-5,8,14H,6-7H2,1H3,(H,12,15)/t8-/m0/s1. The van der Waals surface area contributed by atoms with Gasteiger partial charge in [-0.2, -0.15) is 0 Å². The van der Waals surface area contributed by atoms with Crippen LogP contribution in [-0.2, 0) is 11.2 Å². The van der Waals surface area contributed by atoms with E-state index in [2.05, 4.69) is 5.32 Å². The molecule has 0 aliphatic carbocycles. The molecular weight excluding hydrogens is 224 g/mol. The molecule has 0 fully saturated rings. The number of para-hydroxylation sites is 1. The van der Waals surface area contributed by atoms with E-state index in [1.807, 2.05) is 0 Å². The summed E-state index contributed by atoms with van der Waals surface area (Å²) in [7, 11) is 0. The highest BCUT2D eigenvalue weighted by molar-refractivity contribution is 5.79. The van der Waals surface area contributed by atoms with E-state index in [1.54, 1.807) is 25.1 Å². The predicted octanol–water partition coefficient (Wildman–Crippen LogP) is 0.634. The van der Waals surface area contributed by atoms with Crippen LogP contribution in [-0.4, -0.2) is 28.6 Å². The average Bonchev–Trinajstić information content (AvgIpc) is 2.27. The Labute approximate surface area is 98.4 Å². The number of nitro groups is 1. The zero-order valence-corrected chi connectivity index (χ0v) is 9.42. The van der Waals surface area contributed by atoms with Crippen LogP contribution in [0.4, 0.5) is 5.69 Å². The Morgan fingerprint density at radius 2 is 2.18 bits per heavy atom. The van der Waals surface area contributed by atoms with E-state index in [4.69, 9.17) is 5.11 Å². The number of benzene rings is 1. The summed E-state index contributed by atoms with van der Waals surface area (Å²) in [5, 5.41) is 22.2. The number of amides is 1. The van der Waals surface area contributed by atoms with Gasteiger partial charge in [0.25, 0.3) is 5.69 Å². The Kier molecular flexibility index (Phi) is 4.59. The van der Waals surface area contributed by atoms with Gasteiger partial charge < -0.3 is 10.4 Å². The van der Waals surface area contributed by atoms with Gasteiger partial charge in [-0.15, -0.1) is 0 Å². The summed E-state index contributed by atoms with van der Waals surface area (Å²) in [4.78, 5) is 21.6. The molecule has 0 aliphatic rings. The monoisotopic (exact) mass is 238 g/mol. The van der Waals surface area contributed by atoms with Crippen molar-refractivity contribution in [1.29, 1.82) is 0 Å². The third-order valence-corrected chi connectivity index (χ3v) is 2.13. The van der Waals surface area contributed by atoms with E-state index in [9.17, 15) is 14.9 Å². The molecule has 6 heteroatoms. The third-order valence-electron chi connectivity index (χ3n) is 2.13. The summed E-state index contributed by atoms with van der Waals surface area (Å²) < 4.78 is 0. The summed E-state index contributed by atoms with van der Waals surface area (Å²) >= 11 is 0. The van der Waals surface area contributed by atoms with Gasteiger partial charge in [-0.1, -0.05) is 18.2 Å². The van der Waals surface area contributed by atoms with E-state index in [-0.39, 0.29) is 24.6 Å². The number of aliphatic hydroxyl groups is 1. The van der Waals surface area contributed by atoms with E-state index in [0.29, 0.717) is 5.56 Å². The van der Waals surface area contributed by atoms with Crippen molar-refractivity contribution in [2.75, 3.05) is 6.54 Å². The van der Waals surface area contributed by atoms with Crippen LogP contribution in [0.5, 0.6) is 0 Å². The smallest absolute Gasteiger partial charge is 0.273 e. The summed E-state index contributed by atoms with van der Waals surface area (Å²) in [6.45, 7) is 1.69. The van der Waals surface area contributed by atoms with Gasteiger partial charge >= 0.3 is 0 Å². The highest BCUT2D eigenvalue weighted by Crippen LogP contribution is 2.17. The molecule has 1 rings (SSSR count). The maximum atomic E-state index is 11.4. The number of carbonyl (C=O) groups is 1. The molecule has 0 aliphatic heterocycles. The second kappa shape index (κ2) is 5.95. The van der Waals surface area contributed by atoms with Crippen molar-refractivity contribution in [1.82, 2.24) is 5.32 Å². The summed E-state index contributed by atoms with van der Waals surface area (Å²) in [6, 6.07) is 6.09. The van der Waals surface area contributed by atoms with Gasteiger partial charge in [-0.25, -0.2) is 0 Å². The SMILES string of the molecule is C[C@H](O)CNC(=O)Cc1ccccc1[N+](=O)[O-]. The van der Waals surface area contributed by atoms with E-state index >= 15 is 0 Å². The van der Waals surface area contributed by atoms with E-state index in [1.165, 1.54) is 6.07 Å². The first-order valence-corrected chi connectivity index (χ1v) is 5.17. The molecule has 0 saturated carbocycles. The maximum Gasteiger partial charge on any atom is 0.273 e. The van der Waals surface area contributed by atoms with Crippen LogP contribution in [0.15, 0.2) is 24.3 Å². The molecule has 1 atom stereocenters. The number of rotatable bonds is 5. The van der Waals surface area contributed by atoms with Crippen molar-refractivity contribution in [2.45, 2.75) is 19.4 Å². The number of nitro benzene ring substituents is 1. The minimum atomic E-state index is -0.635. The molecule has 1 amide bonds. The first-order valence-electron chi connectivity index (χ1n) is 5.17. The average molecular weight is 238 g/mol. The fraction of sp³-hybridized carbons (Fsp3) is 0.364. The van der Waals surface area contributed by atoms with Crippen LogP contribution in [0.1, 0.15) is 12.5 Å². The van der Waals surface area contributed by atoms with Crippen molar-refractivity contribution in [3.05, 3.63) is 39.9 Å². The highest BCUT2D eigenvalue weighted by Gasteiger charge is 2.15. The number of hydrogen-bond donors (Lipinski definition) is 2. The Hall–Kier alpha value is -1.95. The van der Waals surface area contributed by atoms with Crippen LogP contribution < -0.4 is 5.32 Å². The Bertz CT molecular complexity index is 418. The molecule has 0 bridgehead atoms. The molecule has 0 unspecified atom stereocenters. The predicted molar refractivity (Wildman–Crippen MR) is 61.5 cm³/mol. The lowest BCUT2D eigenvalue weighted by Gasteiger charge is -2.07.